The van der Waals surface area contributed by atoms with Crippen molar-refractivity contribution < 1.29 is 13.9 Å². The van der Waals surface area contributed by atoms with Crippen molar-refractivity contribution in [1.29, 1.82) is 0 Å². The Balaban J connectivity index is 2.04. The van der Waals surface area contributed by atoms with Crippen molar-refractivity contribution in [1.82, 2.24) is 10.2 Å². The number of methoxy groups -OCH3 is 2. The summed E-state index contributed by atoms with van der Waals surface area (Å²) < 4.78 is 24.2. The minimum atomic E-state index is -0.414. The van der Waals surface area contributed by atoms with Gasteiger partial charge in [0, 0.05) is 32.7 Å². The van der Waals surface area contributed by atoms with Gasteiger partial charge in [-0.15, -0.1) is 0 Å². The lowest BCUT2D eigenvalue weighted by Gasteiger charge is -2.27. The molecule has 0 aliphatic carbocycles. The highest BCUT2D eigenvalue weighted by Gasteiger charge is 2.16. The third-order valence-corrected chi connectivity index (χ3v) is 3.47. The van der Waals surface area contributed by atoms with Gasteiger partial charge in [-0.25, -0.2) is 0 Å². The average molecular weight is 268 g/mol. The van der Waals surface area contributed by atoms with E-state index in [1.807, 2.05) is 6.07 Å². The Labute approximate surface area is 113 Å². The zero-order valence-electron chi connectivity index (χ0n) is 11.5. The SMILES string of the molecule is COc1ccc(CCN2CCNCC2)c(OC)c1F. The number of ether oxygens (including phenoxy) is 2. The van der Waals surface area contributed by atoms with E-state index in [9.17, 15) is 4.39 Å². The number of halogens is 1. The Kier molecular flexibility index (Phi) is 4.99. The van der Waals surface area contributed by atoms with Gasteiger partial charge in [0.1, 0.15) is 0 Å². The van der Waals surface area contributed by atoms with E-state index in [4.69, 9.17) is 9.47 Å². The molecule has 1 aromatic rings. The van der Waals surface area contributed by atoms with Crippen molar-refractivity contribution in [3.05, 3.63) is 23.5 Å². The number of benzene rings is 1. The van der Waals surface area contributed by atoms with E-state index in [2.05, 4.69) is 10.2 Å². The van der Waals surface area contributed by atoms with Crippen LogP contribution in [0.25, 0.3) is 0 Å². The van der Waals surface area contributed by atoms with E-state index in [-0.39, 0.29) is 5.75 Å². The predicted molar refractivity (Wildman–Crippen MR) is 72.5 cm³/mol. The Morgan fingerprint density at radius 3 is 2.58 bits per heavy atom. The second-order valence-corrected chi connectivity index (χ2v) is 4.62. The number of hydrogen-bond donors (Lipinski definition) is 1. The summed E-state index contributed by atoms with van der Waals surface area (Å²) in [5, 5.41) is 3.32. The first-order chi connectivity index (χ1) is 9.26. The molecule has 5 heteroatoms. The molecule has 1 aliphatic rings. The molecule has 0 unspecified atom stereocenters. The van der Waals surface area contributed by atoms with Crippen molar-refractivity contribution >= 4 is 0 Å². The minimum absolute atomic E-state index is 0.225. The van der Waals surface area contributed by atoms with Gasteiger partial charge in [0.05, 0.1) is 14.2 Å². The van der Waals surface area contributed by atoms with Crippen molar-refractivity contribution in [2.75, 3.05) is 46.9 Å². The van der Waals surface area contributed by atoms with Crippen molar-refractivity contribution in [2.24, 2.45) is 0 Å². The third-order valence-electron chi connectivity index (χ3n) is 3.47. The lowest BCUT2D eigenvalue weighted by atomic mass is 10.1. The lowest BCUT2D eigenvalue weighted by Crippen LogP contribution is -2.44. The number of rotatable bonds is 5. The zero-order chi connectivity index (χ0) is 13.7. The molecular weight excluding hydrogens is 247 g/mol. The molecule has 0 bridgehead atoms. The highest BCUT2D eigenvalue weighted by molar-refractivity contribution is 5.42. The highest BCUT2D eigenvalue weighted by Crippen LogP contribution is 2.30. The molecule has 1 fully saturated rings. The first-order valence-corrected chi connectivity index (χ1v) is 6.58. The van der Waals surface area contributed by atoms with Crippen LogP contribution in [0.15, 0.2) is 12.1 Å². The molecule has 0 spiro atoms. The topological polar surface area (TPSA) is 33.7 Å². The smallest absolute Gasteiger partial charge is 0.207 e. The summed E-state index contributed by atoms with van der Waals surface area (Å²) in [4.78, 5) is 2.37. The first kappa shape index (κ1) is 14.1. The predicted octanol–water partition coefficient (Wildman–Crippen LogP) is 1.29. The molecule has 106 valence electrons. The van der Waals surface area contributed by atoms with Crippen molar-refractivity contribution in [2.45, 2.75) is 6.42 Å². The monoisotopic (exact) mass is 268 g/mol. The van der Waals surface area contributed by atoms with E-state index >= 15 is 0 Å². The third kappa shape index (κ3) is 3.36. The van der Waals surface area contributed by atoms with Crippen LogP contribution in [-0.4, -0.2) is 51.8 Å². The lowest BCUT2D eigenvalue weighted by molar-refractivity contribution is 0.242. The summed E-state index contributed by atoms with van der Waals surface area (Å²) in [6.45, 7) is 5.05. The summed E-state index contributed by atoms with van der Waals surface area (Å²) in [5.41, 5.74) is 0.888. The van der Waals surface area contributed by atoms with E-state index < -0.39 is 5.82 Å². The quantitative estimate of drug-likeness (QED) is 0.872. The molecule has 0 saturated carbocycles. The molecule has 1 heterocycles. The number of nitrogens with zero attached hydrogens (tertiary/aromatic N) is 1. The van der Waals surface area contributed by atoms with Crippen LogP contribution in [0.1, 0.15) is 5.56 Å². The largest absolute Gasteiger partial charge is 0.494 e. The molecule has 2 rings (SSSR count). The van der Waals surface area contributed by atoms with E-state index in [0.29, 0.717) is 5.75 Å². The van der Waals surface area contributed by atoms with Gasteiger partial charge >= 0.3 is 0 Å². The molecule has 0 amide bonds. The fourth-order valence-electron chi connectivity index (χ4n) is 2.37. The van der Waals surface area contributed by atoms with Gasteiger partial charge in [0.15, 0.2) is 11.5 Å². The second kappa shape index (κ2) is 6.73. The maximum Gasteiger partial charge on any atom is 0.207 e. The summed E-state index contributed by atoms with van der Waals surface area (Å²) in [6.07, 6.45) is 0.782. The zero-order valence-corrected chi connectivity index (χ0v) is 11.5. The van der Waals surface area contributed by atoms with Crippen LogP contribution in [0.3, 0.4) is 0 Å². The summed E-state index contributed by atoms with van der Waals surface area (Å²) >= 11 is 0. The van der Waals surface area contributed by atoms with Crippen LogP contribution in [-0.2, 0) is 6.42 Å². The fourth-order valence-corrected chi connectivity index (χ4v) is 2.37. The summed E-state index contributed by atoms with van der Waals surface area (Å²) in [6, 6.07) is 3.54. The van der Waals surface area contributed by atoms with E-state index in [0.717, 1.165) is 44.7 Å². The van der Waals surface area contributed by atoms with Crippen molar-refractivity contribution in [3.8, 4) is 11.5 Å². The second-order valence-electron chi connectivity index (χ2n) is 4.62. The number of nitrogens with one attached hydrogen (secondary N) is 1. The van der Waals surface area contributed by atoms with Gasteiger partial charge in [-0.2, -0.15) is 4.39 Å². The Morgan fingerprint density at radius 2 is 1.95 bits per heavy atom. The molecule has 4 nitrogen and oxygen atoms in total. The van der Waals surface area contributed by atoms with Gasteiger partial charge < -0.3 is 19.7 Å². The molecule has 0 radical (unpaired) electrons. The summed E-state index contributed by atoms with van der Waals surface area (Å²) in [7, 11) is 2.95. The minimum Gasteiger partial charge on any atom is -0.494 e. The molecular formula is C14H21FN2O2. The molecule has 1 saturated heterocycles. The standard InChI is InChI=1S/C14H21FN2O2/c1-18-12-4-3-11(14(19-2)13(12)15)5-8-17-9-6-16-7-10-17/h3-4,16H,5-10H2,1-2H3. The van der Waals surface area contributed by atoms with Gasteiger partial charge in [0.2, 0.25) is 5.82 Å². The average Bonchev–Trinajstić information content (AvgIpc) is 2.46. The maximum atomic E-state index is 14.0. The molecule has 19 heavy (non-hydrogen) atoms. The van der Waals surface area contributed by atoms with E-state index in [1.165, 1.54) is 14.2 Å². The Morgan fingerprint density at radius 1 is 1.21 bits per heavy atom. The fraction of sp³-hybridized carbons (Fsp3) is 0.571. The normalized spacial score (nSPS) is 16.4. The summed E-state index contributed by atoms with van der Waals surface area (Å²) in [5.74, 6) is 0.111. The molecule has 0 aromatic heterocycles. The first-order valence-electron chi connectivity index (χ1n) is 6.58. The Hall–Kier alpha value is -1.33. The van der Waals surface area contributed by atoms with Gasteiger partial charge in [-0.05, 0) is 18.1 Å². The Bertz CT molecular complexity index is 420. The maximum absolute atomic E-state index is 14.0. The van der Waals surface area contributed by atoms with Gasteiger partial charge in [0.25, 0.3) is 0 Å². The number of piperazine rings is 1. The van der Waals surface area contributed by atoms with Crippen LogP contribution in [0.4, 0.5) is 4.39 Å². The molecule has 0 atom stereocenters. The van der Waals surface area contributed by atoms with Crippen LogP contribution in [0.2, 0.25) is 0 Å². The van der Waals surface area contributed by atoms with Crippen molar-refractivity contribution in [3.63, 3.8) is 0 Å². The molecule has 1 aromatic carbocycles. The van der Waals surface area contributed by atoms with Crippen LogP contribution in [0.5, 0.6) is 11.5 Å². The van der Waals surface area contributed by atoms with Crippen LogP contribution < -0.4 is 14.8 Å². The van der Waals surface area contributed by atoms with Crippen LogP contribution >= 0.6 is 0 Å². The van der Waals surface area contributed by atoms with E-state index in [1.54, 1.807) is 6.07 Å². The number of hydrogen-bond acceptors (Lipinski definition) is 4. The molecule has 1 aliphatic heterocycles. The van der Waals surface area contributed by atoms with Crippen LogP contribution in [0, 0.1) is 5.82 Å². The highest BCUT2D eigenvalue weighted by atomic mass is 19.1. The molecule has 1 N–H and O–H groups in total. The van der Waals surface area contributed by atoms with Gasteiger partial charge in [-0.3, -0.25) is 0 Å². The van der Waals surface area contributed by atoms with Gasteiger partial charge in [-0.1, -0.05) is 6.07 Å².